The highest BCUT2D eigenvalue weighted by Gasteiger charge is 2.29. The Hall–Kier alpha value is -2.22. The predicted octanol–water partition coefficient (Wildman–Crippen LogP) is 5.14. The van der Waals surface area contributed by atoms with Crippen molar-refractivity contribution in [3.8, 4) is 11.6 Å². The van der Waals surface area contributed by atoms with Gasteiger partial charge in [0.2, 0.25) is 5.88 Å². The first kappa shape index (κ1) is 22.0. The van der Waals surface area contributed by atoms with Crippen molar-refractivity contribution in [1.82, 2.24) is 14.9 Å². The molecule has 1 fully saturated rings. The van der Waals surface area contributed by atoms with Crippen LogP contribution in [0.15, 0.2) is 12.1 Å². The Balaban J connectivity index is 1.32. The van der Waals surface area contributed by atoms with Gasteiger partial charge in [0.25, 0.3) is 0 Å². The molecule has 0 spiro atoms. The number of morpholine rings is 1. The second-order valence-corrected chi connectivity index (χ2v) is 11.8. The van der Waals surface area contributed by atoms with Gasteiger partial charge in [0, 0.05) is 42.3 Å². The lowest BCUT2D eigenvalue weighted by Gasteiger charge is -2.37. The summed E-state index contributed by atoms with van der Waals surface area (Å²) in [6.45, 7) is 8.88. The van der Waals surface area contributed by atoms with Crippen LogP contribution < -0.4 is 9.64 Å². The van der Waals surface area contributed by atoms with Crippen molar-refractivity contribution in [2.75, 3.05) is 44.3 Å². The maximum absolute atomic E-state index is 6.83. The van der Waals surface area contributed by atoms with Gasteiger partial charge in [-0.2, -0.15) is 4.98 Å². The fourth-order valence-electron chi connectivity index (χ4n) is 6.40. The summed E-state index contributed by atoms with van der Waals surface area (Å²) in [4.78, 5) is 17.7. The molecule has 6 nitrogen and oxygen atoms in total. The monoisotopic (exact) mass is 490 g/mol. The SMILES string of the molecule is C[C@@H]1CCc2c(sc3nc(CN4CCOCC4)nc(Oc4ccc5c6c4CCCN6CCC5)c23)C1. The molecule has 35 heavy (non-hydrogen) atoms. The van der Waals surface area contributed by atoms with Gasteiger partial charge in [-0.3, -0.25) is 4.90 Å². The molecule has 1 aromatic carbocycles. The minimum absolute atomic E-state index is 0.733. The van der Waals surface area contributed by atoms with Gasteiger partial charge in [0.15, 0.2) is 0 Å². The summed E-state index contributed by atoms with van der Waals surface area (Å²) in [7, 11) is 0. The summed E-state index contributed by atoms with van der Waals surface area (Å²) in [6.07, 6.45) is 8.19. The van der Waals surface area contributed by atoms with Crippen molar-refractivity contribution in [3.63, 3.8) is 0 Å². The van der Waals surface area contributed by atoms with Crippen LogP contribution in [0.25, 0.3) is 10.2 Å². The second kappa shape index (κ2) is 9.02. The molecule has 184 valence electrons. The molecule has 3 aromatic rings. The molecule has 2 aromatic heterocycles. The third-order valence-electron chi connectivity index (χ3n) is 8.21. The number of aromatic nitrogens is 2. The lowest BCUT2D eigenvalue weighted by atomic mass is 9.89. The first-order chi connectivity index (χ1) is 17.2. The molecule has 0 saturated carbocycles. The minimum atomic E-state index is 0.733. The normalized spacial score (nSPS) is 22.2. The number of nitrogens with zero attached hydrogens (tertiary/aromatic N) is 4. The Labute approximate surface area is 211 Å². The number of hydrogen-bond donors (Lipinski definition) is 0. The molecular weight excluding hydrogens is 456 g/mol. The number of ether oxygens (including phenoxy) is 2. The molecule has 0 amide bonds. The summed E-state index contributed by atoms with van der Waals surface area (Å²) in [5, 5.41) is 1.17. The topological polar surface area (TPSA) is 50.7 Å². The molecule has 5 heterocycles. The third-order valence-corrected chi connectivity index (χ3v) is 9.36. The molecule has 0 radical (unpaired) electrons. The Bertz CT molecular complexity index is 1260. The lowest BCUT2D eigenvalue weighted by Crippen LogP contribution is -2.36. The van der Waals surface area contributed by atoms with Crippen LogP contribution >= 0.6 is 11.3 Å². The maximum Gasteiger partial charge on any atom is 0.231 e. The van der Waals surface area contributed by atoms with E-state index in [1.165, 1.54) is 71.4 Å². The number of aryl methyl sites for hydroxylation is 2. The average Bonchev–Trinajstić information content (AvgIpc) is 3.24. The van der Waals surface area contributed by atoms with Crippen LogP contribution in [0.5, 0.6) is 11.6 Å². The number of fused-ring (bicyclic) bond motifs is 3. The lowest BCUT2D eigenvalue weighted by molar-refractivity contribution is 0.0330. The summed E-state index contributed by atoms with van der Waals surface area (Å²) < 4.78 is 12.4. The zero-order chi connectivity index (χ0) is 23.4. The van der Waals surface area contributed by atoms with Gasteiger partial charge < -0.3 is 14.4 Å². The van der Waals surface area contributed by atoms with Crippen molar-refractivity contribution in [2.45, 2.75) is 58.4 Å². The molecule has 7 rings (SSSR count). The van der Waals surface area contributed by atoms with Crippen LogP contribution in [-0.2, 0) is 37.0 Å². The molecule has 3 aliphatic heterocycles. The van der Waals surface area contributed by atoms with E-state index in [2.05, 4.69) is 28.9 Å². The van der Waals surface area contributed by atoms with Crippen LogP contribution in [0.1, 0.15) is 53.6 Å². The van der Waals surface area contributed by atoms with Gasteiger partial charge >= 0.3 is 0 Å². The van der Waals surface area contributed by atoms with Crippen LogP contribution in [0, 0.1) is 5.92 Å². The van der Waals surface area contributed by atoms with Crippen molar-refractivity contribution < 1.29 is 9.47 Å². The molecule has 1 atom stereocenters. The first-order valence-corrected chi connectivity index (χ1v) is 14.2. The van der Waals surface area contributed by atoms with Gasteiger partial charge in [0.05, 0.1) is 25.1 Å². The molecule has 1 aliphatic carbocycles. The van der Waals surface area contributed by atoms with Crippen molar-refractivity contribution >= 4 is 27.2 Å². The number of anilines is 1. The van der Waals surface area contributed by atoms with Crippen LogP contribution in [-0.4, -0.2) is 54.3 Å². The molecule has 1 saturated heterocycles. The Morgan fingerprint density at radius 2 is 1.89 bits per heavy atom. The molecule has 4 aliphatic rings. The van der Waals surface area contributed by atoms with E-state index < -0.39 is 0 Å². The highest BCUT2D eigenvalue weighted by molar-refractivity contribution is 7.18. The van der Waals surface area contributed by atoms with Gasteiger partial charge in [-0.25, -0.2) is 4.98 Å². The average molecular weight is 491 g/mol. The zero-order valence-corrected chi connectivity index (χ0v) is 21.5. The summed E-state index contributed by atoms with van der Waals surface area (Å²) in [5.41, 5.74) is 5.75. The molecule has 0 unspecified atom stereocenters. The molecular formula is C28H34N4O2S. The van der Waals surface area contributed by atoms with E-state index in [4.69, 9.17) is 19.4 Å². The highest BCUT2D eigenvalue weighted by atomic mass is 32.1. The fraction of sp³-hybridized carbons (Fsp3) is 0.571. The number of hydrogen-bond acceptors (Lipinski definition) is 7. The van der Waals surface area contributed by atoms with E-state index in [0.29, 0.717) is 0 Å². The summed E-state index contributed by atoms with van der Waals surface area (Å²) in [5.74, 6) is 3.37. The van der Waals surface area contributed by atoms with Gasteiger partial charge in [-0.05, 0) is 68.1 Å². The van der Waals surface area contributed by atoms with E-state index in [-0.39, 0.29) is 0 Å². The van der Waals surface area contributed by atoms with Crippen molar-refractivity contribution in [3.05, 3.63) is 39.5 Å². The Kier molecular flexibility index (Phi) is 5.67. The molecule has 0 N–H and O–H groups in total. The third kappa shape index (κ3) is 4.02. The van der Waals surface area contributed by atoms with Crippen molar-refractivity contribution in [1.29, 1.82) is 0 Å². The number of benzene rings is 1. The van der Waals surface area contributed by atoms with Gasteiger partial charge in [-0.15, -0.1) is 11.3 Å². The standard InChI is InChI=1S/C28H34N4O2S/c1-18-6-8-21-23(16-18)35-28-25(21)27(29-24(30-28)17-31-12-14-33-15-13-31)34-22-9-7-19-4-2-10-32-11-3-5-20(22)26(19)32/h7,9,18H,2-6,8,10-17H2,1H3/t18-/m1/s1. The number of thiophene rings is 1. The second-order valence-electron chi connectivity index (χ2n) is 10.7. The fourth-order valence-corrected chi connectivity index (χ4v) is 7.79. The Morgan fingerprint density at radius 1 is 1.03 bits per heavy atom. The smallest absolute Gasteiger partial charge is 0.231 e. The largest absolute Gasteiger partial charge is 0.438 e. The van der Waals surface area contributed by atoms with E-state index in [0.717, 1.165) is 80.3 Å². The van der Waals surface area contributed by atoms with E-state index in [9.17, 15) is 0 Å². The van der Waals surface area contributed by atoms with E-state index in [1.807, 2.05) is 11.3 Å². The summed E-state index contributed by atoms with van der Waals surface area (Å²) >= 11 is 1.87. The molecule has 0 bridgehead atoms. The van der Waals surface area contributed by atoms with Gasteiger partial charge in [0.1, 0.15) is 16.4 Å². The number of rotatable bonds is 4. The first-order valence-electron chi connectivity index (χ1n) is 13.4. The maximum atomic E-state index is 6.83. The van der Waals surface area contributed by atoms with Crippen LogP contribution in [0.3, 0.4) is 0 Å². The summed E-state index contributed by atoms with van der Waals surface area (Å²) in [6, 6.07) is 4.50. The molecule has 7 heteroatoms. The predicted molar refractivity (Wildman–Crippen MR) is 140 cm³/mol. The van der Waals surface area contributed by atoms with Crippen LogP contribution in [0.4, 0.5) is 5.69 Å². The highest BCUT2D eigenvalue weighted by Crippen LogP contribution is 2.45. The minimum Gasteiger partial charge on any atom is -0.438 e. The van der Waals surface area contributed by atoms with E-state index in [1.54, 1.807) is 0 Å². The zero-order valence-electron chi connectivity index (χ0n) is 20.6. The Morgan fingerprint density at radius 3 is 2.77 bits per heavy atom. The quantitative estimate of drug-likeness (QED) is 0.505. The van der Waals surface area contributed by atoms with Crippen LogP contribution in [0.2, 0.25) is 0 Å². The van der Waals surface area contributed by atoms with Gasteiger partial charge in [-0.1, -0.05) is 13.0 Å². The van der Waals surface area contributed by atoms with E-state index >= 15 is 0 Å². The van der Waals surface area contributed by atoms with Crippen molar-refractivity contribution in [2.24, 2.45) is 5.92 Å².